The van der Waals surface area contributed by atoms with Crippen molar-refractivity contribution in [1.82, 2.24) is 0 Å². The Morgan fingerprint density at radius 1 is 1.20 bits per heavy atom. The van der Waals surface area contributed by atoms with Crippen LogP contribution < -0.4 is 11.1 Å². The van der Waals surface area contributed by atoms with Gasteiger partial charge in [0.25, 0.3) is 5.91 Å². The van der Waals surface area contributed by atoms with Gasteiger partial charge in [-0.3, -0.25) is 4.79 Å². The summed E-state index contributed by atoms with van der Waals surface area (Å²) in [6, 6.07) is 11.1. The monoisotopic (exact) mass is 288 g/mol. The van der Waals surface area contributed by atoms with Crippen LogP contribution in [0.25, 0.3) is 0 Å². The Bertz CT molecular complexity index is 665. The van der Waals surface area contributed by atoms with E-state index in [1.54, 1.807) is 37.3 Å². The van der Waals surface area contributed by atoms with Crippen LogP contribution in [0.2, 0.25) is 0 Å². The lowest BCUT2D eigenvalue weighted by Gasteiger charge is -2.07. The largest absolute Gasteiger partial charge is 0.389 e. The molecule has 0 radical (unpaired) electrons. The maximum absolute atomic E-state index is 13.3. The van der Waals surface area contributed by atoms with Gasteiger partial charge in [0.1, 0.15) is 10.8 Å². The van der Waals surface area contributed by atoms with E-state index >= 15 is 0 Å². The molecule has 0 aliphatic carbocycles. The Morgan fingerprint density at radius 2 is 1.95 bits per heavy atom. The Kier molecular flexibility index (Phi) is 4.10. The van der Waals surface area contributed by atoms with E-state index in [1.807, 2.05) is 0 Å². The first-order valence-electron chi connectivity index (χ1n) is 5.94. The zero-order valence-corrected chi connectivity index (χ0v) is 11.6. The second kappa shape index (κ2) is 5.79. The number of halogens is 1. The number of carbonyl (C=O) groups excluding carboxylic acids is 1. The predicted molar refractivity (Wildman–Crippen MR) is 81.4 cm³/mol. The van der Waals surface area contributed by atoms with Gasteiger partial charge in [0.15, 0.2) is 0 Å². The quantitative estimate of drug-likeness (QED) is 0.854. The number of nitrogens with one attached hydrogen (secondary N) is 1. The molecule has 2 rings (SSSR count). The number of aryl methyl sites for hydroxylation is 1. The number of carbonyl (C=O) groups is 1. The minimum Gasteiger partial charge on any atom is -0.389 e. The highest BCUT2D eigenvalue weighted by Gasteiger charge is 2.09. The SMILES string of the molecule is Cc1cc(F)cc(C(=O)Nc2cccc(C(N)=S)c2)c1. The van der Waals surface area contributed by atoms with Gasteiger partial charge in [-0.2, -0.15) is 0 Å². The van der Waals surface area contributed by atoms with Gasteiger partial charge in [-0.1, -0.05) is 24.4 Å². The maximum Gasteiger partial charge on any atom is 0.255 e. The Labute approximate surface area is 121 Å². The number of nitrogens with two attached hydrogens (primary N) is 1. The summed E-state index contributed by atoms with van der Waals surface area (Å²) in [6.45, 7) is 1.73. The molecule has 20 heavy (non-hydrogen) atoms. The van der Waals surface area contributed by atoms with E-state index in [4.69, 9.17) is 18.0 Å². The summed E-state index contributed by atoms with van der Waals surface area (Å²) in [5, 5.41) is 2.69. The fourth-order valence-electron chi connectivity index (χ4n) is 1.82. The predicted octanol–water partition coefficient (Wildman–Crippen LogP) is 3.02. The normalized spacial score (nSPS) is 10.1. The van der Waals surface area contributed by atoms with Crippen LogP contribution in [0.1, 0.15) is 21.5 Å². The lowest BCUT2D eigenvalue weighted by Crippen LogP contribution is -2.14. The first-order valence-corrected chi connectivity index (χ1v) is 6.35. The average molecular weight is 288 g/mol. The summed E-state index contributed by atoms with van der Waals surface area (Å²) in [7, 11) is 0. The van der Waals surface area contributed by atoms with Crippen molar-refractivity contribution in [1.29, 1.82) is 0 Å². The van der Waals surface area contributed by atoms with Gasteiger partial charge >= 0.3 is 0 Å². The lowest BCUT2D eigenvalue weighted by molar-refractivity contribution is 0.102. The fourth-order valence-corrected chi connectivity index (χ4v) is 1.95. The fraction of sp³-hybridized carbons (Fsp3) is 0.0667. The molecule has 0 unspecified atom stereocenters. The highest BCUT2D eigenvalue weighted by atomic mass is 32.1. The highest BCUT2D eigenvalue weighted by Crippen LogP contribution is 2.14. The molecule has 5 heteroatoms. The van der Waals surface area contributed by atoms with Crippen molar-refractivity contribution >= 4 is 28.8 Å². The second-order valence-corrected chi connectivity index (χ2v) is 4.86. The van der Waals surface area contributed by atoms with Crippen molar-refractivity contribution in [2.45, 2.75) is 6.92 Å². The molecular weight excluding hydrogens is 275 g/mol. The van der Waals surface area contributed by atoms with Crippen molar-refractivity contribution < 1.29 is 9.18 Å². The minimum atomic E-state index is -0.438. The molecule has 0 saturated heterocycles. The van der Waals surface area contributed by atoms with Crippen molar-refractivity contribution in [2.24, 2.45) is 5.73 Å². The molecule has 3 N–H and O–H groups in total. The molecular formula is C15H13FN2OS. The van der Waals surface area contributed by atoms with Crippen LogP contribution in [-0.4, -0.2) is 10.9 Å². The summed E-state index contributed by atoms with van der Waals surface area (Å²) in [6.07, 6.45) is 0. The highest BCUT2D eigenvalue weighted by molar-refractivity contribution is 7.80. The first-order chi connectivity index (χ1) is 9.45. The Balaban J connectivity index is 2.23. The molecule has 0 saturated carbocycles. The molecule has 1 amide bonds. The van der Waals surface area contributed by atoms with E-state index in [9.17, 15) is 9.18 Å². The van der Waals surface area contributed by atoms with Gasteiger partial charge in [-0.25, -0.2) is 4.39 Å². The van der Waals surface area contributed by atoms with Crippen LogP contribution in [-0.2, 0) is 0 Å². The summed E-state index contributed by atoms with van der Waals surface area (Å²) in [5.41, 5.74) is 7.71. The van der Waals surface area contributed by atoms with Crippen LogP contribution in [0, 0.1) is 12.7 Å². The summed E-state index contributed by atoms with van der Waals surface area (Å²) < 4.78 is 13.3. The summed E-state index contributed by atoms with van der Waals surface area (Å²) in [5.74, 6) is -0.820. The molecule has 2 aromatic rings. The molecule has 102 valence electrons. The van der Waals surface area contributed by atoms with Crippen LogP contribution >= 0.6 is 12.2 Å². The van der Waals surface area contributed by atoms with E-state index in [2.05, 4.69) is 5.32 Å². The molecule has 2 aromatic carbocycles. The van der Waals surface area contributed by atoms with Crippen molar-refractivity contribution in [3.8, 4) is 0 Å². The third kappa shape index (κ3) is 3.39. The van der Waals surface area contributed by atoms with Crippen LogP contribution in [0.15, 0.2) is 42.5 Å². The molecule has 0 atom stereocenters. The van der Waals surface area contributed by atoms with Gasteiger partial charge in [-0.15, -0.1) is 0 Å². The maximum atomic E-state index is 13.3. The smallest absolute Gasteiger partial charge is 0.255 e. The zero-order valence-electron chi connectivity index (χ0n) is 10.8. The van der Waals surface area contributed by atoms with Crippen LogP contribution in [0.5, 0.6) is 0 Å². The third-order valence-electron chi connectivity index (χ3n) is 2.71. The van der Waals surface area contributed by atoms with Gasteiger partial charge in [0.2, 0.25) is 0 Å². The number of benzene rings is 2. The zero-order chi connectivity index (χ0) is 14.7. The molecule has 0 aromatic heterocycles. The lowest BCUT2D eigenvalue weighted by atomic mass is 10.1. The Hall–Kier alpha value is -2.27. The molecule has 3 nitrogen and oxygen atoms in total. The van der Waals surface area contributed by atoms with E-state index in [-0.39, 0.29) is 16.5 Å². The van der Waals surface area contributed by atoms with Crippen molar-refractivity contribution in [3.63, 3.8) is 0 Å². The van der Waals surface area contributed by atoms with Gasteiger partial charge in [0.05, 0.1) is 0 Å². The molecule has 0 aliphatic heterocycles. The van der Waals surface area contributed by atoms with E-state index < -0.39 is 5.82 Å². The number of thiocarbonyl (C=S) groups is 1. The van der Waals surface area contributed by atoms with Crippen LogP contribution in [0.3, 0.4) is 0 Å². The number of hydrogen-bond acceptors (Lipinski definition) is 2. The van der Waals surface area contributed by atoms with Crippen molar-refractivity contribution in [2.75, 3.05) is 5.32 Å². The first kappa shape index (κ1) is 14.1. The number of anilines is 1. The number of rotatable bonds is 3. The topological polar surface area (TPSA) is 55.1 Å². The molecule has 0 bridgehead atoms. The van der Waals surface area contributed by atoms with Crippen LogP contribution in [0.4, 0.5) is 10.1 Å². The van der Waals surface area contributed by atoms with E-state index in [1.165, 1.54) is 12.1 Å². The van der Waals surface area contributed by atoms with E-state index in [0.717, 1.165) is 0 Å². The third-order valence-corrected chi connectivity index (χ3v) is 2.94. The Morgan fingerprint density at radius 3 is 2.60 bits per heavy atom. The van der Waals surface area contributed by atoms with Gasteiger partial charge < -0.3 is 11.1 Å². The number of hydrogen-bond donors (Lipinski definition) is 2. The molecule has 0 heterocycles. The second-order valence-electron chi connectivity index (χ2n) is 4.42. The minimum absolute atomic E-state index is 0.252. The standard InChI is InChI=1S/C15H13FN2OS/c1-9-5-11(7-12(16)6-9)15(19)18-13-4-2-3-10(8-13)14(17)20/h2-8H,1H3,(H2,17,20)(H,18,19). The van der Waals surface area contributed by atoms with Gasteiger partial charge in [-0.05, 0) is 42.8 Å². The van der Waals surface area contributed by atoms with E-state index in [0.29, 0.717) is 16.8 Å². The van der Waals surface area contributed by atoms with Crippen molar-refractivity contribution in [3.05, 3.63) is 65.0 Å². The summed E-state index contributed by atoms with van der Waals surface area (Å²) >= 11 is 4.88. The number of amides is 1. The molecule has 0 spiro atoms. The molecule has 0 fully saturated rings. The molecule has 0 aliphatic rings. The van der Waals surface area contributed by atoms with Gasteiger partial charge in [0, 0.05) is 16.8 Å². The average Bonchev–Trinajstić information content (AvgIpc) is 2.37. The summed E-state index contributed by atoms with van der Waals surface area (Å²) in [4.78, 5) is 12.3.